The highest BCUT2D eigenvalue weighted by Crippen LogP contribution is 2.31. The van der Waals surface area contributed by atoms with E-state index in [1.807, 2.05) is 6.92 Å². The van der Waals surface area contributed by atoms with E-state index in [4.69, 9.17) is 16.3 Å². The molecular formula is C13H17ClN2O3. The summed E-state index contributed by atoms with van der Waals surface area (Å²) in [4.78, 5) is 10.3. The summed E-state index contributed by atoms with van der Waals surface area (Å²) in [5.74, 6) is 0.569. The van der Waals surface area contributed by atoms with Crippen molar-refractivity contribution in [1.29, 1.82) is 0 Å². The van der Waals surface area contributed by atoms with E-state index in [2.05, 4.69) is 5.32 Å². The summed E-state index contributed by atoms with van der Waals surface area (Å²) in [6.45, 7) is 4.26. The van der Waals surface area contributed by atoms with Gasteiger partial charge in [-0.2, -0.15) is 0 Å². The van der Waals surface area contributed by atoms with Crippen LogP contribution in [0, 0.1) is 23.0 Å². The first-order valence-corrected chi connectivity index (χ1v) is 6.72. The van der Waals surface area contributed by atoms with Crippen LogP contribution >= 0.6 is 11.6 Å². The lowest BCUT2D eigenvalue weighted by atomic mass is 10.00. The highest BCUT2D eigenvalue weighted by molar-refractivity contribution is 6.33. The SMILES string of the molecule is Cc1cc([N+](=O)[O-])cc(Cl)c1NCC1CCOCC1. The van der Waals surface area contributed by atoms with E-state index in [0.717, 1.165) is 43.9 Å². The van der Waals surface area contributed by atoms with Gasteiger partial charge in [0.15, 0.2) is 0 Å². The Kier molecular flexibility index (Phi) is 4.61. The number of nitro groups is 1. The van der Waals surface area contributed by atoms with Crippen molar-refractivity contribution in [3.63, 3.8) is 0 Å². The minimum absolute atomic E-state index is 0.0270. The average Bonchev–Trinajstić information content (AvgIpc) is 2.38. The van der Waals surface area contributed by atoms with Gasteiger partial charge in [-0.15, -0.1) is 0 Å². The van der Waals surface area contributed by atoms with E-state index in [1.165, 1.54) is 12.1 Å². The van der Waals surface area contributed by atoms with Gasteiger partial charge in [0.25, 0.3) is 5.69 Å². The van der Waals surface area contributed by atoms with E-state index in [9.17, 15) is 10.1 Å². The monoisotopic (exact) mass is 284 g/mol. The van der Waals surface area contributed by atoms with E-state index in [1.54, 1.807) is 0 Å². The maximum absolute atomic E-state index is 10.7. The molecule has 1 aliphatic heterocycles. The largest absolute Gasteiger partial charge is 0.383 e. The van der Waals surface area contributed by atoms with Gasteiger partial charge in [0, 0.05) is 31.9 Å². The summed E-state index contributed by atoms with van der Waals surface area (Å²) < 4.78 is 5.31. The zero-order valence-electron chi connectivity index (χ0n) is 10.8. The Morgan fingerprint density at radius 2 is 2.16 bits per heavy atom. The van der Waals surface area contributed by atoms with Gasteiger partial charge in [-0.25, -0.2) is 0 Å². The number of hydrogen-bond donors (Lipinski definition) is 1. The van der Waals surface area contributed by atoms with Crippen molar-refractivity contribution in [2.75, 3.05) is 25.1 Å². The molecule has 0 bridgehead atoms. The number of nitro benzene ring substituents is 1. The van der Waals surface area contributed by atoms with Gasteiger partial charge in [-0.3, -0.25) is 10.1 Å². The van der Waals surface area contributed by atoms with E-state index >= 15 is 0 Å². The summed E-state index contributed by atoms with van der Waals surface area (Å²) >= 11 is 6.10. The minimum Gasteiger partial charge on any atom is -0.383 e. The lowest BCUT2D eigenvalue weighted by Crippen LogP contribution is -2.23. The Hall–Kier alpha value is -1.33. The molecular weight excluding hydrogens is 268 g/mol. The van der Waals surface area contributed by atoms with Crippen LogP contribution in [0.25, 0.3) is 0 Å². The van der Waals surface area contributed by atoms with Crippen molar-refractivity contribution in [1.82, 2.24) is 0 Å². The Morgan fingerprint density at radius 1 is 1.47 bits per heavy atom. The van der Waals surface area contributed by atoms with Crippen LogP contribution in [0.15, 0.2) is 12.1 Å². The number of anilines is 1. The fourth-order valence-corrected chi connectivity index (χ4v) is 2.58. The van der Waals surface area contributed by atoms with Gasteiger partial charge >= 0.3 is 0 Å². The number of nitrogens with zero attached hydrogens (tertiary/aromatic N) is 1. The van der Waals surface area contributed by atoms with Crippen LogP contribution in [0.1, 0.15) is 18.4 Å². The number of rotatable bonds is 4. The smallest absolute Gasteiger partial charge is 0.271 e. The highest BCUT2D eigenvalue weighted by atomic mass is 35.5. The van der Waals surface area contributed by atoms with Crippen LogP contribution in [-0.2, 0) is 4.74 Å². The molecule has 0 radical (unpaired) electrons. The Morgan fingerprint density at radius 3 is 2.74 bits per heavy atom. The molecule has 6 heteroatoms. The van der Waals surface area contributed by atoms with Gasteiger partial charge in [0.05, 0.1) is 15.6 Å². The molecule has 0 atom stereocenters. The third-order valence-electron chi connectivity index (χ3n) is 3.39. The van der Waals surface area contributed by atoms with Gasteiger partial charge < -0.3 is 10.1 Å². The van der Waals surface area contributed by atoms with Crippen molar-refractivity contribution in [2.45, 2.75) is 19.8 Å². The van der Waals surface area contributed by atoms with Gasteiger partial charge in [0.2, 0.25) is 0 Å². The number of hydrogen-bond acceptors (Lipinski definition) is 4. The number of aryl methyl sites for hydroxylation is 1. The normalized spacial score (nSPS) is 16.3. The summed E-state index contributed by atoms with van der Waals surface area (Å²) in [6.07, 6.45) is 2.08. The number of halogens is 1. The molecule has 1 saturated heterocycles. The van der Waals surface area contributed by atoms with E-state index in [-0.39, 0.29) is 5.69 Å². The molecule has 104 valence electrons. The molecule has 1 aromatic carbocycles. The first-order valence-electron chi connectivity index (χ1n) is 6.34. The Labute approximate surface area is 117 Å². The van der Waals surface area contributed by atoms with Crippen LogP contribution in [0.4, 0.5) is 11.4 Å². The zero-order chi connectivity index (χ0) is 13.8. The number of benzene rings is 1. The van der Waals surface area contributed by atoms with Crippen molar-refractivity contribution < 1.29 is 9.66 Å². The highest BCUT2D eigenvalue weighted by Gasteiger charge is 2.16. The third kappa shape index (κ3) is 3.58. The zero-order valence-corrected chi connectivity index (χ0v) is 11.6. The predicted octanol–water partition coefficient (Wildman–Crippen LogP) is 3.40. The molecule has 19 heavy (non-hydrogen) atoms. The molecule has 5 nitrogen and oxygen atoms in total. The molecule has 0 unspecified atom stereocenters. The van der Waals surface area contributed by atoms with E-state index < -0.39 is 4.92 Å². The fraction of sp³-hybridized carbons (Fsp3) is 0.538. The molecule has 0 aromatic heterocycles. The molecule has 1 fully saturated rings. The molecule has 2 rings (SSSR count). The van der Waals surface area contributed by atoms with Crippen LogP contribution in [0.2, 0.25) is 5.02 Å². The first kappa shape index (κ1) is 14.1. The number of non-ortho nitro benzene ring substituents is 1. The topological polar surface area (TPSA) is 64.4 Å². The van der Waals surface area contributed by atoms with Crippen LogP contribution in [0.3, 0.4) is 0 Å². The van der Waals surface area contributed by atoms with Crippen molar-refractivity contribution in [3.8, 4) is 0 Å². The van der Waals surface area contributed by atoms with E-state index in [0.29, 0.717) is 10.9 Å². The van der Waals surface area contributed by atoms with Gasteiger partial charge in [-0.1, -0.05) is 11.6 Å². The van der Waals surface area contributed by atoms with Crippen molar-refractivity contribution in [3.05, 3.63) is 32.8 Å². The second-order valence-corrected chi connectivity index (χ2v) is 5.22. The minimum atomic E-state index is -0.429. The predicted molar refractivity (Wildman–Crippen MR) is 74.9 cm³/mol. The second kappa shape index (κ2) is 6.21. The molecule has 0 spiro atoms. The Bertz CT molecular complexity index is 450. The van der Waals surface area contributed by atoms with Crippen LogP contribution in [0.5, 0.6) is 0 Å². The Balaban J connectivity index is 2.05. The van der Waals surface area contributed by atoms with Gasteiger partial charge in [0.1, 0.15) is 0 Å². The standard InChI is InChI=1S/C13H17ClN2O3/c1-9-6-11(16(17)18)7-12(14)13(9)15-8-10-2-4-19-5-3-10/h6-7,10,15H,2-5,8H2,1H3. The lowest BCUT2D eigenvalue weighted by Gasteiger charge is -2.23. The molecule has 0 saturated carbocycles. The molecule has 0 aliphatic carbocycles. The maximum Gasteiger partial charge on any atom is 0.271 e. The van der Waals surface area contributed by atoms with Gasteiger partial charge in [-0.05, 0) is 31.2 Å². The molecule has 0 amide bonds. The number of ether oxygens (including phenoxy) is 1. The summed E-state index contributed by atoms with van der Waals surface area (Å²) in [6, 6.07) is 2.93. The summed E-state index contributed by atoms with van der Waals surface area (Å²) in [5, 5.41) is 14.4. The molecule has 1 aromatic rings. The first-order chi connectivity index (χ1) is 9.08. The second-order valence-electron chi connectivity index (χ2n) is 4.81. The average molecular weight is 285 g/mol. The number of nitrogens with one attached hydrogen (secondary N) is 1. The quantitative estimate of drug-likeness (QED) is 0.680. The summed E-state index contributed by atoms with van der Waals surface area (Å²) in [5.41, 5.74) is 1.61. The third-order valence-corrected chi connectivity index (χ3v) is 3.69. The van der Waals surface area contributed by atoms with Crippen LogP contribution in [-0.4, -0.2) is 24.7 Å². The molecule has 1 N–H and O–H groups in total. The lowest BCUT2D eigenvalue weighted by molar-refractivity contribution is -0.384. The summed E-state index contributed by atoms with van der Waals surface area (Å²) in [7, 11) is 0. The molecule has 1 aliphatic rings. The molecule has 1 heterocycles. The van der Waals surface area contributed by atoms with Crippen molar-refractivity contribution in [2.24, 2.45) is 5.92 Å². The maximum atomic E-state index is 10.7. The fourth-order valence-electron chi connectivity index (χ4n) is 2.25. The van der Waals surface area contributed by atoms with Crippen LogP contribution < -0.4 is 5.32 Å². The van der Waals surface area contributed by atoms with Crippen molar-refractivity contribution >= 4 is 23.0 Å².